The summed E-state index contributed by atoms with van der Waals surface area (Å²) in [6.45, 7) is 1.02. The van der Waals surface area contributed by atoms with Crippen molar-refractivity contribution in [1.29, 1.82) is 0 Å². The number of likely N-dealkylation sites (tertiary alicyclic amines) is 1. The second-order valence-corrected chi connectivity index (χ2v) is 6.38. The normalized spacial score (nSPS) is 27.0. The molecule has 24 heavy (non-hydrogen) atoms. The molecule has 2 aliphatic rings. The zero-order valence-corrected chi connectivity index (χ0v) is 13.3. The third-order valence-electron chi connectivity index (χ3n) is 4.85. The molecule has 2 heterocycles. The monoisotopic (exact) mass is 336 g/mol. The lowest BCUT2D eigenvalue weighted by Gasteiger charge is -2.46. The minimum Gasteiger partial charge on any atom is -0.484 e. The van der Waals surface area contributed by atoms with Crippen LogP contribution in [0.3, 0.4) is 0 Å². The molecule has 0 radical (unpaired) electrons. The van der Waals surface area contributed by atoms with Gasteiger partial charge in [0, 0.05) is 19.6 Å². The number of aliphatic hydroxyl groups excluding tert-OH is 1. The topological polar surface area (TPSA) is 78.9 Å². The summed E-state index contributed by atoms with van der Waals surface area (Å²) in [4.78, 5) is 26.2. The summed E-state index contributed by atoms with van der Waals surface area (Å²) in [6.07, 6.45) is 0.995. The van der Waals surface area contributed by atoms with Gasteiger partial charge in [-0.1, -0.05) is 0 Å². The number of hydrogen-bond acceptors (Lipinski definition) is 4. The van der Waals surface area contributed by atoms with Crippen molar-refractivity contribution in [3.63, 3.8) is 0 Å². The lowest BCUT2D eigenvalue weighted by Crippen LogP contribution is -2.62. The second kappa shape index (κ2) is 6.76. The average Bonchev–Trinajstić information content (AvgIpc) is 2.59. The van der Waals surface area contributed by atoms with Gasteiger partial charge in [0.15, 0.2) is 6.61 Å². The summed E-state index contributed by atoms with van der Waals surface area (Å²) >= 11 is 0. The highest BCUT2D eigenvalue weighted by Crippen LogP contribution is 2.37. The Bertz CT molecular complexity index is 622. The third kappa shape index (κ3) is 3.21. The summed E-state index contributed by atoms with van der Waals surface area (Å²) in [7, 11) is 0. The van der Waals surface area contributed by atoms with Crippen molar-refractivity contribution in [2.24, 2.45) is 5.41 Å². The number of ether oxygens (including phenoxy) is 1. The molecule has 0 bridgehead atoms. The molecule has 0 aliphatic carbocycles. The maximum absolute atomic E-state index is 12.9. The summed E-state index contributed by atoms with van der Waals surface area (Å²) in [5, 5.41) is 13.1. The number of hydrogen-bond donors (Lipinski definition) is 2. The fourth-order valence-electron chi connectivity index (χ4n) is 3.42. The zero-order chi connectivity index (χ0) is 17.2. The molecule has 7 heteroatoms. The number of rotatable bonds is 3. The molecule has 2 aliphatic heterocycles. The van der Waals surface area contributed by atoms with E-state index < -0.39 is 11.5 Å². The fourth-order valence-corrected chi connectivity index (χ4v) is 3.42. The molecule has 1 spiro atoms. The first-order valence-corrected chi connectivity index (χ1v) is 8.14. The first kappa shape index (κ1) is 16.7. The lowest BCUT2D eigenvalue weighted by atomic mass is 9.71. The van der Waals surface area contributed by atoms with E-state index in [1.807, 2.05) is 0 Å². The number of amides is 2. The van der Waals surface area contributed by atoms with E-state index in [1.54, 1.807) is 4.90 Å². The average molecular weight is 336 g/mol. The minimum absolute atomic E-state index is 0.181. The largest absolute Gasteiger partial charge is 0.484 e. The molecule has 2 amide bonds. The number of aliphatic hydroxyl groups is 1. The van der Waals surface area contributed by atoms with Gasteiger partial charge in [-0.2, -0.15) is 0 Å². The molecule has 1 aromatic rings. The Morgan fingerprint density at radius 2 is 2.17 bits per heavy atom. The van der Waals surface area contributed by atoms with Crippen LogP contribution in [0.4, 0.5) is 4.39 Å². The van der Waals surface area contributed by atoms with Gasteiger partial charge in [0.25, 0.3) is 5.91 Å². The predicted molar refractivity (Wildman–Crippen MR) is 83.8 cm³/mol. The number of carbonyl (C=O) groups excluding carboxylic acids is 2. The quantitative estimate of drug-likeness (QED) is 0.851. The van der Waals surface area contributed by atoms with Crippen LogP contribution < -0.4 is 10.1 Å². The van der Waals surface area contributed by atoms with Gasteiger partial charge in [-0.25, -0.2) is 4.39 Å². The van der Waals surface area contributed by atoms with Crippen LogP contribution in [-0.2, 0) is 9.59 Å². The summed E-state index contributed by atoms with van der Waals surface area (Å²) in [5.74, 6) is -0.391. The van der Waals surface area contributed by atoms with Crippen LogP contribution in [0.2, 0.25) is 0 Å². The summed E-state index contributed by atoms with van der Waals surface area (Å²) < 4.78 is 18.2. The van der Waals surface area contributed by atoms with Crippen LogP contribution in [-0.4, -0.2) is 54.2 Å². The van der Waals surface area contributed by atoms with E-state index in [4.69, 9.17) is 4.74 Å². The fraction of sp³-hybridized carbons (Fsp3) is 0.529. The van der Waals surface area contributed by atoms with Gasteiger partial charge in [-0.3, -0.25) is 9.59 Å². The van der Waals surface area contributed by atoms with E-state index in [-0.39, 0.29) is 30.8 Å². The number of nitrogens with zero attached hydrogens (tertiary/aromatic N) is 1. The molecule has 1 aromatic carbocycles. The molecule has 6 nitrogen and oxygen atoms in total. The molecular weight excluding hydrogens is 315 g/mol. The molecule has 0 aromatic heterocycles. The van der Waals surface area contributed by atoms with Gasteiger partial charge < -0.3 is 20.1 Å². The van der Waals surface area contributed by atoms with Crippen LogP contribution in [0.1, 0.15) is 19.3 Å². The zero-order valence-electron chi connectivity index (χ0n) is 13.3. The molecule has 2 N–H and O–H groups in total. The number of piperidine rings is 2. The molecule has 2 fully saturated rings. The molecule has 2 saturated heterocycles. The molecule has 0 unspecified atom stereocenters. The van der Waals surface area contributed by atoms with Crippen molar-refractivity contribution in [3.05, 3.63) is 30.1 Å². The maximum atomic E-state index is 12.9. The molecule has 3 rings (SSSR count). The predicted octanol–water partition coefficient (Wildman–Crippen LogP) is 0.694. The Kier molecular flexibility index (Phi) is 4.71. The van der Waals surface area contributed by atoms with Crippen LogP contribution in [0.5, 0.6) is 5.75 Å². The van der Waals surface area contributed by atoms with Crippen LogP contribution in [0.15, 0.2) is 24.3 Å². The Morgan fingerprint density at radius 3 is 2.88 bits per heavy atom. The second-order valence-electron chi connectivity index (χ2n) is 6.38. The summed E-state index contributed by atoms with van der Waals surface area (Å²) in [5.41, 5.74) is -0.915. The van der Waals surface area contributed by atoms with Crippen molar-refractivity contribution in [3.8, 4) is 5.75 Å². The van der Waals surface area contributed by atoms with Crippen molar-refractivity contribution in [2.75, 3.05) is 26.2 Å². The van der Waals surface area contributed by atoms with Crippen LogP contribution in [0, 0.1) is 11.2 Å². The third-order valence-corrected chi connectivity index (χ3v) is 4.85. The number of halogens is 1. The van der Waals surface area contributed by atoms with E-state index in [9.17, 15) is 19.1 Å². The standard InChI is InChI=1S/C17H21FN2O4/c18-12-2-4-13(5-3-12)24-10-15(22)20-9-6-14(21)17(11-20)7-1-8-19-16(17)23/h2-5,14,21H,1,6-11H2,(H,19,23)/t14-,17-/m1/s1. The van der Waals surface area contributed by atoms with Gasteiger partial charge in [0.1, 0.15) is 11.6 Å². The van der Waals surface area contributed by atoms with E-state index in [2.05, 4.69) is 5.32 Å². The highest BCUT2D eigenvalue weighted by atomic mass is 19.1. The van der Waals surface area contributed by atoms with Crippen molar-refractivity contribution in [2.45, 2.75) is 25.4 Å². The van der Waals surface area contributed by atoms with Gasteiger partial charge in [0.05, 0.1) is 11.5 Å². The van der Waals surface area contributed by atoms with E-state index in [1.165, 1.54) is 24.3 Å². The maximum Gasteiger partial charge on any atom is 0.260 e. The Hall–Kier alpha value is -2.15. The Morgan fingerprint density at radius 1 is 1.42 bits per heavy atom. The highest BCUT2D eigenvalue weighted by Gasteiger charge is 2.50. The number of benzene rings is 1. The Labute approximate surface area is 139 Å². The molecule has 130 valence electrons. The number of carbonyl (C=O) groups is 2. The van der Waals surface area contributed by atoms with Gasteiger partial charge in [-0.15, -0.1) is 0 Å². The minimum atomic E-state index is -0.915. The van der Waals surface area contributed by atoms with E-state index >= 15 is 0 Å². The summed E-state index contributed by atoms with van der Waals surface area (Å²) in [6, 6.07) is 5.44. The van der Waals surface area contributed by atoms with E-state index in [0.29, 0.717) is 31.7 Å². The first-order chi connectivity index (χ1) is 11.5. The van der Waals surface area contributed by atoms with Gasteiger partial charge >= 0.3 is 0 Å². The van der Waals surface area contributed by atoms with Crippen LogP contribution >= 0.6 is 0 Å². The van der Waals surface area contributed by atoms with Crippen molar-refractivity contribution >= 4 is 11.8 Å². The molecule has 0 saturated carbocycles. The van der Waals surface area contributed by atoms with Crippen molar-refractivity contribution in [1.82, 2.24) is 10.2 Å². The van der Waals surface area contributed by atoms with Gasteiger partial charge in [-0.05, 0) is 43.5 Å². The Balaban J connectivity index is 1.62. The van der Waals surface area contributed by atoms with Crippen LogP contribution in [0.25, 0.3) is 0 Å². The van der Waals surface area contributed by atoms with Crippen molar-refractivity contribution < 1.29 is 23.8 Å². The lowest BCUT2D eigenvalue weighted by molar-refractivity contribution is -0.155. The molecule has 2 atom stereocenters. The first-order valence-electron chi connectivity index (χ1n) is 8.14. The highest BCUT2D eigenvalue weighted by molar-refractivity contribution is 5.86. The smallest absolute Gasteiger partial charge is 0.260 e. The van der Waals surface area contributed by atoms with E-state index in [0.717, 1.165) is 6.42 Å². The number of nitrogens with one attached hydrogen (secondary N) is 1. The molecular formula is C17H21FN2O4. The SMILES string of the molecule is O=C(COc1ccc(F)cc1)N1CC[C@@H](O)[C@@]2(CCCNC2=O)C1. The van der Waals surface area contributed by atoms with Gasteiger partial charge in [0.2, 0.25) is 5.91 Å².